The second-order valence-electron chi connectivity index (χ2n) is 6.98. The van der Waals surface area contributed by atoms with Gasteiger partial charge in [-0.05, 0) is 17.1 Å². The van der Waals surface area contributed by atoms with Gasteiger partial charge in [0.25, 0.3) is 0 Å². The van der Waals surface area contributed by atoms with E-state index in [1.54, 1.807) is 7.05 Å². The van der Waals surface area contributed by atoms with Crippen molar-refractivity contribution in [3.05, 3.63) is 0 Å². The Kier molecular flexibility index (Phi) is 20.2. The second kappa shape index (κ2) is 20.2. The normalized spacial score (nSPS) is 10.8. The van der Waals surface area contributed by atoms with E-state index in [-0.39, 0.29) is 6.09 Å². The molecule has 0 aromatic carbocycles. The Balaban J connectivity index is 3.08. The van der Waals surface area contributed by atoms with Crippen LogP contribution in [0.4, 0.5) is 4.79 Å². The van der Waals surface area contributed by atoms with Gasteiger partial charge < -0.3 is 4.74 Å². The van der Waals surface area contributed by atoms with Gasteiger partial charge in [0.05, 0.1) is 17.8 Å². The van der Waals surface area contributed by atoms with E-state index in [2.05, 4.69) is 6.92 Å². The molecule has 0 saturated heterocycles. The lowest BCUT2D eigenvalue weighted by molar-refractivity contribution is 0.131. The van der Waals surface area contributed by atoms with Gasteiger partial charge in [-0.25, -0.2) is 9.10 Å². The number of nitrogens with zero attached hydrogens (tertiary/aromatic N) is 1. The average molecular weight is 394 g/mol. The van der Waals surface area contributed by atoms with E-state index >= 15 is 0 Å². The van der Waals surface area contributed by atoms with Gasteiger partial charge in [-0.2, -0.15) is 0 Å². The summed E-state index contributed by atoms with van der Waals surface area (Å²) in [5, 5.41) is 0. The van der Waals surface area contributed by atoms with Crippen LogP contribution < -0.4 is 0 Å². The molecule has 0 unspecified atom stereocenters. The Morgan fingerprint density at radius 3 is 1.48 bits per heavy atom. The van der Waals surface area contributed by atoms with Crippen molar-refractivity contribution in [2.45, 2.75) is 110 Å². The minimum Gasteiger partial charge on any atom is -0.449 e. The Bertz CT molecular complexity index is 293. The molecule has 1 amide bonds. The number of unbranched alkanes of at least 4 members (excludes halogenated alkanes) is 15. The molecular weight excluding hydrogens is 354 g/mol. The van der Waals surface area contributed by atoms with Gasteiger partial charge in [0.15, 0.2) is 0 Å². The molecule has 0 aliphatic rings. The molecule has 0 spiro atoms. The van der Waals surface area contributed by atoms with Gasteiger partial charge in [0.1, 0.15) is 0 Å². The van der Waals surface area contributed by atoms with Crippen LogP contribution in [0.2, 0.25) is 0 Å². The van der Waals surface area contributed by atoms with Gasteiger partial charge in [0, 0.05) is 7.05 Å². The van der Waals surface area contributed by atoms with E-state index in [0.29, 0.717) is 6.61 Å². The van der Waals surface area contributed by atoms with E-state index in [1.807, 2.05) is 0 Å². The van der Waals surface area contributed by atoms with Gasteiger partial charge >= 0.3 is 6.09 Å². The van der Waals surface area contributed by atoms with Crippen LogP contribution in [0.5, 0.6) is 0 Å². The number of ether oxygens (including phenoxy) is 1. The third kappa shape index (κ3) is 18.5. The zero-order valence-corrected chi connectivity index (χ0v) is 18.1. The molecule has 0 saturated carbocycles. The molecule has 0 radical (unpaired) electrons. The van der Waals surface area contributed by atoms with E-state index in [4.69, 9.17) is 15.4 Å². The number of amides is 1. The van der Waals surface area contributed by atoms with Crippen LogP contribution in [0.1, 0.15) is 110 Å². The summed E-state index contributed by atoms with van der Waals surface area (Å²) in [4.78, 5) is 11.3. The molecule has 0 fully saturated rings. The van der Waals surface area contributed by atoms with E-state index < -0.39 is 0 Å². The standard InChI is InChI=1S/C20H40ClNO2S/c1-3-4-5-6-7-8-9-10-11-12-13-14-15-16-17-18-19-24-20(23)22(2)25-21/h3-19H2,1-2H3. The lowest BCUT2D eigenvalue weighted by atomic mass is 10.0. The molecule has 0 bridgehead atoms. The van der Waals surface area contributed by atoms with Crippen LogP contribution in [-0.4, -0.2) is 24.1 Å². The summed E-state index contributed by atoms with van der Waals surface area (Å²) in [5.74, 6) is 0. The minimum atomic E-state index is -0.360. The molecule has 0 aliphatic carbocycles. The Labute approximate surface area is 165 Å². The summed E-state index contributed by atoms with van der Waals surface area (Å²) in [5.41, 5.74) is 0. The molecule has 0 aromatic rings. The first-order chi connectivity index (χ1) is 12.2. The lowest BCUT2D eigenvalue weighted by Crippen LogP contribution is -2.19. The molecule has 25 heavy (non-hydrogen) atoms. The Morgan fingerprint density at radius 1 is 0.760 bits per heavy atom. The fourth-order valence-electron chi connectivity index (χ4n) is 2.93. The highest BCUT2D eigenvalue weighted by atomic mass is 35.7. The number of hydrogen-bond donors (Lipinski definition) is 0. The van der Waals surface area contributed by atoms with Gasteiger partial charge in [-0.15, -0.1) is 0 Å². The highest BCUT2D eigenvalue weighted by Gasteiger charge is 2.08. The quantitative estimate of drug-likeness (QED) is 0.174. The first kappa shape index (κ1) is 24.9. The third-order valence-electron chi connectivity index (χ3n) is 4.58. The summed E-state index contributed by atoms with van der Waals surface area (Å²) in [6, 6.07) is 0. The van der Waals surface area contributed by atoms with Crippen LogP contribution in [-0.2, 0) is 4.74 Å². The number of carbonyl (C=O) groups is 1. The minimum absolute atomic E-state index is 0.360. The van der Waals surface area contributed by atoms with Crippen molar-refractivity contribution in [3.8, 4) is 0 Å². The SMILES string of the molecule is CCCCCCCCCCCCCCCCCCOC(=O)N(C)SCl. The first-order valence-corrected chi connectivity index (χ1v) is 12.0. The van der Waals surface area contributed by atoms with Gasteiger partial charge in [-0.3, -0.25) is 0 Å². The predicted molar refractivity (Wildman–Crippen MR) is 112 cm³/mol. The molecule has 5 heteroatoms. The second-order valence-corrected chi connectivity index (χ2v) is 8.08. The van der Waals surface area contributed by atoms with Crippen molar-refractivity contribution in [1.29, 1.82) is 0 Å². The maximum atomic E-state index is 11.3. The largest absolute Gasteiger partial charge is 0.449 e. The molecule has 3 nitrogen and oxygen atoms in total. The third-order valence-corrected chi connectivity index (χ3v) is 5.56. The number of halogens is 1. The molecule has 0 rings (SSSR count). The highest BCUT2D eigenvalue weighted by molar-refractivity contribution is 8.19. The number of carbonyl (C=O) groups excluding carboxylic acids is 1. The van der Waals surface area contributed by atoms with Crippen molar-refractivity contribution in [3.63, 3.8) is 0 Å². The van der Waals surface area contributed by atoms with Crippen molar-refractivity contribution in [1.82, 2.24) is 4.31 Å². The number of hydrogen-bond acceptors (Lipinski definition) is 3. The number of rotatable bonds is 18. The van der Waals surface area contributed by atoms with Gasteiger partial charge in [0.2, 0.25) is 0 Å². The maximum Gasteiger partial charge on any atom is 0.420 e. The van der Waals surface area contributed by atoms with Crippen molar-refractivity contribution >= 4 is 27.9 Å². The van der Waals surface area contributed by atoms with E-state index in [1.165, 1.54) is 94.2 Å². The fraction of sp³-hybridized carbons (Fsp3) is 0.950. The maximum absolute atomic E-state index is 11.3. The monoisotopic (exact) mass is 393 g/mol. The Hall–Kier alpha value is -0.0900. The van der Waals surface area contributed by atoms with Crippen LogP contribution in [0.15, 0.2) is 0 Å². The van der Waals surface area contributed by atoms with Crippen LogP contribution in [0.25, 0.3) is 0 Å². The molecule has 0 heterocycles. The van der Waals surface area contributed by atoms with E-state index in [9.17, 15) is 4.79 Å². The summed E-state index contributed by atoms with van der Waals surface area (Å²) < 4.78 is 6.38. The highest BCUT2D eigenvalue weighted by Crippen LogP contribution is 2.14. The van der Waals surface area contributed by atoms with Crippen LogP contribution in [0.3, 0.4) is 0 Å². The molecule has 0 aliphatic heterocycles. The fourth-order valence-corrected chi connectivity index (χ4v) is 3.21. The van der Waals surface area contributed by atoms with Crippen LogP contribution in [0, 0.1) is 0 Å². The van der Waals surface area contributed by atoms with Crippen molar-refractivity contribution in [2.75, 3.05) is 13.7 Å². The van der Waals surface area contributed by atoms with Crippen molar-refractivity contribution in [2.24, 2.45) is 0 Å². The molecule has 0 N–H and O–H groups in total. The zero-order valence-electron chi connectivity index (χ0n) is 16.6. The van der Waals surface area contributed by atoms with Crippen molar-refractivity contribution < 1.29 is 9.53 Å². The summed E-state index contributed by atoms with van der Waals surface area (Å²) in [6.45, 7) is 2.78. The summed E-state index contributed by atoms with van der Waals surface area (Å²) in [6.07, 6.45) is 21.2. The lowest BCUT2D eigenvalue weighted by Gasteiger charge is -2.11. The van der Waals surface area contributed by atoms with Gasteiger partial charge in [-0.1, -0.05) is 103 Å². The predicted octanol–water partition coefficient (Wildman–Crippen LogP) is 8.12. The molecule has 0 atom stereocenters. The molecule has 0 aromatic heterocycles. The molecular formula is C20H40ClNO2S. The zero-order chi connectivity index (χ0) is 18.6. The first-order valence-electron chi connectivity index (χ1n) is 10.4. The molecule has 150 valence electrons. The topological polar surface area (TPSA) is 29.5 Å². The smallest absolute Gasteiger partial charge is 0.420 e. The summed E-state index contributed by atoms with van der Waals surface area (Å²) in [7, 11) is 7.07. The summed E-state index contributed by atoms with van der Waals surface area (Å²) >= 11 is 0.853. The van der Waals surface area contributed by atoms with E-state index in [0.717, 1.165) is 24.0 Å². The average Bonchev–Trinajstić information content (AvgIpc) is 2.63. The van der Waals surface area contributed by atoms with Crippen LogP contribution >= 0.6 is 21.8 Å². The Morgan fingerprint density at radius 2 is 1.12 bits per heavy atom.